The van der Waals surface area contributed by atoms with E-state index in [-0.39, 0.29) is 17.7 Å². The molecule has 1 aromatic carbocycles. The van der Waals surface area contributed by atoms with E-state index in [1.165, 1.54) is 6.07 Å². The summed E-state index contributed by atoms with van der Waals surface area (Å²) in [5, 5.41) is 11.6. The topological polar surface area (TPSA) is 98.0 Å². The standard InChI is InChI=1S/C19H23NO6/c1-3-24-17-11-14(7-9-16(17)26-12-18(21)22)19(23)20-13(2)6-8-15-5-4-10-25-15/h4-5,7,9-11,13H,3,6,8,12H2,1-2H3,(H,20,23)(H,21,22). The molecule has 1 amide bonds. The molecule has 0 bridgehead atoms. The van der Waals surface area contributed by atoms with Crippen LogP contribution in [0.25, 0.3) is 0 Å². The summed E-state index contributed by atoms with van der Waals surface area (Å²) in [5.74, 6) is 0.188. The number of aryl methyl sites for hydroxylation is 1. The van der Waals surface area contributed by atoms with Crippen molar-refractivity contribution in [1.82, 2.24) is 5.32 Å². The third-order valence-corrected chi connectivity index (χ3v) is 3.64. The molecule has 2 aromatic rings. The fraction of sp³-hybridized carbons (Fsp3) is 0.368. The molecule has 2 rings (SSSR count). The van der Waals surface area contributed by atoms with Crippen LogP contribution in [0.1, 0.15) is 36.4 Å². The first-order valence-electron chi connectivity index (χ1n) is 8.44. The molecule has 26 heavy (non-hydrogen) atoms. The Morgan fingerprint density at radius 1 is 1.23 bits per heavy atom. The van der Waals surface area contributed by atoms with Crippen molar-refractivity contribution in [3.8, 4) is 11.5 Å². The van der Waals surface area contributed by atoms with Gasteiger partial charge in [0.1, 0.15) is 5.76 Å². The molecule has 0 aliphatic carbocycles. The van der Waals surface area contributed by atoms with Gasteiger partial charge in [0.05, 0.1) is 12.9 Å². The van der Waals surface area contributed by atoms with Gasteiger partial charge in [0.25, 0.3) is 5.91 Å². The zero-order chi connectivity index (χ0) is 18.9. The number of nitrogens with one attached hydrogen (secondary N) is 1. The quantitative estimate of drug-likeness (QED) is 0.675. The molecule has 0 saturated heterocycles. The summed E-state index contributed by atoms with van der Waals surface area (Å²) in [6.45, 7) is 3.61. The molecule has 2 N–H and O–H groups in total. The van der Waals surface area contributed by atoms with Gasteiger partial charge in [0.2, 0.25) is 0 Å². The van der Waals surface area contributed by atoms with E-state index < -0.39 is 12.6 Å². The number of benzene rings is 1. The number of amides is 1. The van der Waals surface area contributed by atoms with E-state index >= 15 is 0 Å². The average molecular weight is 361 g/mol. The van der Waals surface area contributed by atoms with E-state index in [9.17, 15) is 9.59 Å². The Hall–Kier alpha value is -2.96. The lowest BCUT2D eigenvalue weighted by molar-refractivity contribution is -0.139. The lowest BCUT2D eigenvalue weighted by atomic mass is 10.1. The highest BCUT2D eigenvalue weighted by Crippen LogP contribution is 2.28. The Bertz CT molecular complexity index is 726. The van der Waals surface area contributed by atoms with Crippen molar-refractivity contribution in [3.63, 3.8) is 0 Å². The second-order valence-electron chi connectivity index (χ2n) is 5.77. The van der Waals surface area contributed by atoms with Gasteiger partial charge >= 0.3 is 5.97 Å². The summed E-state index contributed by atoms with van der Waals surface area (Å²) in [4.78, 5) is 23.1. The second kappa shape index (κ2) is 9.50. The number of aliphatic carboxylic acids is 1. The number of carboxylic acids is 1. The number of ether oxygens (including phenoxy) is 2. The Morgan fingerprint density at radius 2 is 2.04 bits per heavy atom. The van der Waals surface area contributed by atoms with Crippen LogP contribution in [0, 0.1) is 0 Å². The predicted molar refractivity (Wildman–Crippen MR) is 94.7 cm³/mol. The summed E-state index contributed by atoms with van der Waals surface area (Å²) >= 11 is 0. The van der Waals surface area contributed by atoms with Crippen LogP contribution in [0.5, 0.6) is 11.5 Å². The number of carboxylic acid groups (broad SMARTS) is 1. The molecule has 0 aliphatic rings. The summed E-state index contributed by atoms with van der Waals surface area (Å²) < 4.78 is 15.9. The summed E-state index contributed by atoms with van der Waals surface area (Å²) in [7, 11) is 0. The van der Waals surface area contributed by atoms with Gasteiger partial charge in [0.15, 0.2) is 18.1 Å². The van der Waals surface area contributed by atoms with Crippen LogP contribution in [0.4, 0.5) is 0 Å². The molecule has 7 heteroatoms. The predicted octanol–water partition coefficient (Wildman–Crippen LogP) is 2.89. The molecule has 1 heterocycles. The Labute approximate surface area is 151 Å². The number of hydrogen-bond acceptors (Lipinski definition) is 5. The zero-order valence-corrected chi connectivity index (χ0v) is 14.9. The van der Waals surface area contributed by atoms with Gasteiger partial charge in [-0.2, -0.15) is 0 Å². The van der Waals surface area contributed by atoms with Crippen molar-refractivity contribution in [3.05, 3.63) is 47.9 Å². The van der Waals surface area contributed by atoms with E-state index in [2.05, 4.69) is 5.32 Å². The minimum atomic E-state index is -1.08. The van der Waals surface area contributed by atoms with Gasteiger partial charge in [-0.25, -0.2) is 4.79 Å². The first-order valence-corrected chi connectivity index (χ1v) is 8.44. The highest BCUT2D eigenvalue weighted by atomic mass is 16.5. The molecule has 140 valence electrons. The molecular weight excluding hydrogens is 338 g/mol. The Balaban J connectivity index is 1.98. The molecule has 0 radical (unpaired) electrons. The summed E-state index contributed by atoms with van der Waals surface area (Å²) in [6, 6.07) is 8.37. The SMILES string of the molecule is CCOc1cc(C(=O)NC(C)CCc2ccco2)ccc1OCC(=O)O. The van der Waals surface area contributed by atoms with Crippen LogP contribution in [-0.4, -0.2) is 36.2 Å². The molecule has 0 aliphatic heterocycles. The van der Waals surface area contributed by atoms with Gasteiger partial charge in [-0.1, -0.05) is 0 Å². The van der Waals surface area contributed by atoms with Gasteiger partial charge in [-0.3, -0.25) is 4.79 Å². The number of hydrogen-bond donors (Lipinski definition) is 2. The van der Waals surface area contributed by atoms with Crippen LogP contribution in [0.2, 0.25) is 0 Å². The van der Waals surface area contributed by atoms with E-state index in [1.807, 2.05) is 19.1 Å². The van der Waals surface area contributed by atoms with Crippen molar-refractivity contribution in [2.24, 2.45) is 0 Å². The van der Waals surface area contributed by atoms with Crippen molar-refractivity contribution in [1.29, 1.82) is 0 Å². The van der Waals surface area contributed by atoms with Crippen molar-refractivity contribution in [2.75, 3.05) is 13.2 Å². The first-order chi connectivity index (χ1) is 12.5. The van der Waals surface area contributed by atoms with Gasteiger partial charge in [0, 0.05) is 18.0 Å². The zero-order valence-electron chi connectivity index (χ0n) is 14.9. The van der Waals surface area contributed by atoms with E-state index in [0.29, 0.717) is 17.9 Å². The average Bonchev–Trinajstić information content (AvgIpc) is 3.12. The van der Waals surface area contributed by atoms with Crippen LogP contribution in [0.15, 0.2) is 41.0 Å². The molecule has 1 atom stereocenters. The van der Waals surface area contributed by atoms with Gasteiger partial charge in [-0.05, 0) is 50.6 Å². The minimum Gasteiger partial charge on any atom is -0.490 e. The first kappa shape index (κ1) is 19.4. The number of furan rings is 1. The molecule has 0 spiro atoms. The van der Waals surface area contributed by atoms with Crippen LogP contribution in [-0.2, 0) is 11.2 Å². The van der Waals surface area contributed by atoms with Crippen LogP contribution in [0.3, 0.4) is 0 Å². The lowest BCUT2D eigenvalue weighted by Gasteiger charge is -2.15. The third kappa shape index (κ3) is 5.84. The summed E-state index contributed by atoms with van der Waals surface area (Å²) in [6.07, 6.45) is 3.11. The number of carbonyl (C=O) groups excluding carboxylic acids is 1. The maximum Gasteiger partial charge on any atom is 0.341 e. The highest BCUT2D eigenvalue weighted by Gasteiger charge is 2.15. The van der Waals surface area contributed by atoms with Crippen molar-refractivity contribution >= 4 is 11.9 Å². The van der Waals surface area contributed by atoms with E-state index in [1.54, 1.807) is 25.3 Å². The molecular formula is C19H23NO6. The maximum atomic E-state index is 12.4. The van der Waals surface area contributed by atoms with E-state index in [4.69, 9.17) is 19.0 Å². The van der Waals surface area contributed by atoms with Gasteiger partial charge in [-0.15, -0.1) is 0 Å². The minimum absolute atomic E-state index is 0.0360. The van der Waals surface area contributed by atoms with Gasteiger partial charge < -0.3 is 24.3 Å². The highest BCUT2D eigenvalue weighted by molar-refractivity contribution is 5.95. The monoisotopic (exact) mass is 361 g/mol. The Morgan fingerprint density at radius 3 is 2.69 bits per heavy atom. The second-order valence-corrected chi connectivity index (χ2v) is 5.77. The summed E-state index contributed by atoms with van der Waals surface area (Å²) in [5.41, 5.74) is 0.418. The molecule has 0 saturated carbocycles. The maximum absolute atomic E-state index is 12.4. The van der Waals surface area contributed by atoms with Crippen LogP contribution >= 0.6 is 0 Å². The normalized spacial score (nSPS) is 11.6. The molecule has 1 aromatic heterocycles. The Kier molecular flexibility index (Phi) is 7.08. The van der Waals surface area contributed by atoms with Crippen molar-refractivity contribution in [2.45, 2.75) is 32.7 Å². The smallest absolute Gasteiger partial charge is 0.341 e. The third-order valence-electron chi connectivity index (χ3n) is 3.64. The van der Waals surface area contributed by atoms with E-state index in [0.717, 1.165) is 18.6 Å². The number of carbonyl (C=O) groups is 2. The fourth-order valence-corrected chi connectivity index (χ4v) is 2.37. The van der Waals surface area contributed by atoms with Crippen molar-refractivity contribution < 1.29 is 28.6 Å². The van der Waals surface area contributed by atoms with Crippen LogP contribution < -0.4 is 14.8 Å². The molecule has 7 nitrogen and oxygen atoms in total. The largest absolute Gasteiger partial charge is 0.490 e. The number of rotatable bonds is 10. The molecule has 1 unspecified atom stereocenters. The molecule has 0 fully saturated rings. The lowest BCUT2D eigenvalue weighted by Crippen LogP contribution is -2.32. The fourth-order valence-electron chi connectivity index (χ4n) is 2.37.